The average molecular weight is 469 g/mol. The maximum atomic E-state index is 12.6. The first-order valence-electron chi connectivity index (χ1n) is 10.9. The molecule has 6 nitrogen and oxygen atoms in total. The molecule has 1 N–H and O–H groups in total. The molecule has 0 unspecified atom stereocenters. The number of carbonyl (C=O) groups is 2. The first-order chi connectivity index (χ1) is 16.6. The van der Waals surface area contributed by atoms with Gasteiger partial charge in [0.2, 0.25) is 11.1 Å². The van der Waals surface area contributed by atoms with Gasteiger partial charge in [0.05, 0.1) is 11.8 Å². The van der Waals surface area contributed by atoms with Gasteiger partial charge in [-0.2, -0.15) is 0 Å². The van der Waals surface area contributed by atoms with Crippen LogP contribution in [0.2, 0.25) is 0 Å². The minimum Gasteiger partial charge on any atom is -0.345 e. The van der Waals surface area contributed by atoms with Gasteiger partial charge in [0.15, 0.2) is 5.78 Å². The number of aromatic nitrogens is 3. The largest absolute Gasteiger partial charge is 0.345 e. The molecule has 0 bridgehead atoms. The summed E-state index contributed by atoms with van der Waals surface area (Å²) in [6, 6.07) is 28.6. The van der Waals surface area contributed by atoms with E-state index in [1.165, 1.54) is 18.7 Å². The summed E-state index contributed by atoms with van der Waals surface area (Å²) in [7, 11) is 0. The topological polar surface area (TPSA) is 84.8 Å². The summed E-state index contributed by atoms with van der Waals surface area (Å²) in [5.74, 6) is -0.254. The molecule has 0 aliphatic heterocycles. The van der Waals surface area contributed by atoms with Crippen LogP contribution in [0.15, 0.2) is 96.2 Å². The Morgan fingerprint density at radius 1 is 0.794 bits per heavy atom. The average Bonchev–Trinajstić information content (AvgIpc) is 2.88. The molecule has 0 saturated heterocycles. The third-order valence-corrected chi connectivity index (χ3v) is 6.04. The fourth-order valence-electron chi connectivity index (χ4n) is 3.47. The lowest BCUT2D eigenvalue weighted by atomic mass is 10.0. The van der Waals surface area contributed by atoms with Crippen LogP contribution in [-0.4, -0.2) is 38.7 Å². The number of Topliss-reactive ketones (excluding diaryl/α,β-unsaturated/α-hetero) is 1. The van der Waals surface area contributed by atoms with E-state index < -0.39 is 6.04 Å². The van der Waals surface area contributed by atoms with Gasteiger partial charge in [-0.25, -0.2) is 4.98 Å². The van der Waals surface area contributed by atoms with Crippen molar-refractivity contribution in [1.82, 2.24) is 20.5 Å². The van der Waals surface area contributed by atoms with Crippen molar-refractivity contribution in [1.29, 1.82) is 0 Å². The molecule has 170 valence electrons. The molecular formula is C27H24N4O2S. The highest BCUT2D eigenvalue weighted by Crippen LogP contribution is 2.29. The molecule has 4 aromatic rings. The van der Waals surface area contributed by atoms with E-state index in [9.17, 15) is 9.59 Å². The Morgan fingerprint density at radius 2 is 1.35 bits per heavy atom. The zero-order valence-electron chi connectivity index (χ0n) is 18.7. The molecule has 0 aliphatic rings. The van der Waals surface area contributed by atoms with Gasteiger partial charge in [-0.3, -0.25) is 9.59 Å². The van der Waals surface area contributed by atoms with Crippen molar-refractivity contribution in [3.05, 3.63) is 96.6 Å². The molecule has 0 spiro atoms. The van der Waals surface area contributed by atoms with Gasteiger partial charge in [-0.05, 0) is 18.9 Å². The number of nitrogens with one attached hydrogen (secondary N) is 1. The lowest BCUT2D eigenvalue weighted by molar-refractivity contribution is -0.125. The van der Waals surface area contributed by atoms with Crippen molar-refractivity contribution < 1.29 is 9.59 Å². The Morgan fingerprint density at radius 3 is 1.94 bits per heavy atom. The Bertz CT molecular complexity index is 1250. The van der Waals surface area contributed by atoms with E-state index in [2.05, 4.69) is 15.5 Å². The highest BCUT2D eigenvalue weighted by Gasteiger charge is 2.19. The van der Waals surface area contributed by atoms with Crippen molar-refractivity contribution in [3.8, 4) is 22.5 Å². The van der Waals surface area contributed by atoms with Crippen LogP contribution in [-0.2, 0) is 16.0 Å². The van der Waals surface area contributed by atoms with Crippen LogP contribution >= 0.6 is 11.8 Å². The molecule has 0 aliphatic carbocycles. The summed E-state index contributed by atoms with van der Waals surface area (Å²) in [5, 5.41) is 11.9. The number of rotatable bonds is 9. The first-order valence-corrected chi connectivity index (χ1v) is 11.9. The Balaban J connectivity index is 1.48. The molecular weight excluding hydrogens is 444 g/mol. The van der Waals surface area contributed by atoms with E-state index in [4.69, 9.17) is 4.98 Å². The normalized spacial score (nSPS) is 11.6. The molecule has 1 atom stereocenters. The Hall–Kier alpha value is -3.84. The molecule has 3 aromatic carbocycles. The molecule has 0 saturated carbocycles. The molecule has 34 heavy (non-hydrogen) atoms. The van der Waals surface area contributed by atoms with E-state index >= 15 is 0 Å². The second kappa shape index (κ2) is 11.3. The Kier molecular flexibility index (Phi) is 7.78. The summed E-state index contributed by atoms with van der Waals surface area (Å²) in [6.07, 6.45) is 0.453. The van der Waals surface area contributed by atoms with Crippen molar-refractivity contribution >= 4 is 23.5 Å². The predicted octanol–water partition coefficient (Wildman–Crippen LogP) is 4.61. The monoisotopic (exact) mass is 468 g/mol. The van der Waals surface area contributed by atoms with Crippen LogP contribution in [0.4, 0.5) is 0 Å². The lowest BCUT2D eigenvalue weighted by Gasteiger charge is -2.16. The highest BCUT2D eigenvalue weighted by molar-refractivity contribution is 7.99. The summed E-state index contributed by atoms with van der Waals surface area (Å²) >= 11 is 1.19. The van der Waals surface area contributed by atoms with Crippen LogP contribution in [0, 0.1) is 0 Å². The SMILES string of the molecule is CC(=O)[C@H](Cc1ccccc1)NC(=O)CSc1nnc(-c2ccccc2)c(-c2ccccc2)n1. The number of carbonyl (C=O) groups excluding carboxylic acids is 2. The quantitative estimate of drug-likeness (QED) is 0.361. The van der Waals surface area contributed by atoms with Crippen LogP contribution in [0.5, 0.6) is 0 Å². The van der Waals surface area contributed by atoms with Gasteiger partial charge in [0, 0.05) is 11.1 Å². The summed E-state index contributed by atoms with van der Waals surface area (Å²) in [5.41, 5.74) is 4.21. The third-order valence-electron chi connectivity index (χ3n) is 5.20. The molecule has 0 radical (unpaired) electrons. The lowest BCUT2D eigenvalue weighted by Crippen LogP contribution is -2.42. The second-order valence-corrected chi connectivity index (χ2v) is 8.68. The number of hydrogen-bond acceptors (Lipinski definition) is 6. The second-order valence-electron chi connectivity index (χ2n) is 7.73. The minimum absolute atomic E-state index is 0.0825. The van der Waals surface area contributed by atoms with Crippen LogP contribution < -0.4 is 5.32 Å². The smallest absolute Gasteiger partial charge is 0.231 e. The van der Waals surface area contributed by atoms with Gasteiger partial charge in [0.25, 0.3) is 0 Å². The highest BCUT2D eigenvalue weighted by atomic mass is 32.2. The Labute approximate surface area is 202 Å². The molecule has 1 amide bonds. The van der Waals surface area contributed by atoms with Crippen LogP contribution in [0.1, 0.15) is 12.5 Å². The molecule has 0 fully saturated rings. The number of ketones is 1. The van der Waals surface area contributed by atoms with E-state index in [0.29, 0.717) is 23.0 Å². The number of thioether (sulfide) groups is 1. The van der Waals surface area contributed by atoms with Crippen molar-refractivity contribution in [2.75, 3.05) is 5.75 Å². The molecule has 1 aromatic heterocycles. The number of hydrogen-bond donors (Lipinski definition) is 1. The summed E-state index contributed by atoms with van der Waals surface area (Å²) < 4.78 is 0. The fourth-order valence-corrected chi connectivity index (χ4v) is 4.07. The van der Waals surface area contributed by atoms with E-state index in [0.717, 1.165) is 16.7 Å². The van der Waals surface area contributed by atoms with Crippen LogP contribution in [0.3, 0.4) is 0 Å². The van der Waals surface area contributed by atoms with Gasteiger partial charge in [0.1, 0.15) is 11.4 Å². The molecule has 1 heterocycles. The van der Waals surface area contributed by atoms with Crippen molar-refractivity contribution in [2.45, 2.75) is 24.5 Å². The fraction of sp³-hybridized carbons (Fsp3) is 0.148. The minimum atomic E-state index is -0.574. The summed E-state index contributed by atoms with van der Waals surface area (Å²) in [4.78, 5) is 29.4. The number of benzene rings is 3. The first kappa shape index (κ1) is 23.3. The zero-order valence-corrected chi connectivity index (χ0v) is 19.5. The van der Waals surface area contributed by atoms with Gasteiger partial charge in [-0.1, -0.05) is 103 Å². The maximum absolute atomic E-state index is 12.6. The van der Waals surface area contributed by atoms with Gasteiger partial charge < -0.3 is 5.32 Å². The zero-order chi connectivity index (χ0) is 23.8. The van der Waals surface area contributed by atoms with Gasteiger partial charge in [-0.15, -0.1) is 10.2 Å². The molecule has 4 rings (SSSR count). The van der Waals surface area contributed by atoms with E-state index in [-0.39, 0.29) is 17.4 Å². The number of nitrogens with zero attached hydrogens (tertiary/aromatic N) is 3. The summed E-state index contributed by atoms with van der Waals surface area (Å²) in [6.45, 7) is 1.49. The van der Waals surface area contributed by atoms with Crippen molar-refractivity contribution in [2.24, 2.45) is 0 Å². The van der Waals surface area contributed by atoms with Gasteiger partial charge >= 0.3 is 0 Å². The standard InChI is InChI=1S/C27H24N4O2S/c1-19(32)23(17-20-11-5-2-6-12-20)28-24(33)18-34-27-29-25(21-13-7-3-8-14-21)26(30-31-27)22-15-9-4-10-16-22/h2-16,23H,17-18H2,1H3,(H,28,33)/t23-/m0/s1. The number of amides is 1. The maximum Gasteiger partial charge on any atom is 0.231 e. The third kappa shape index (κ3) is 6.14. The van der Waals surface area contributed by atoms with Crippen LogP contribution in [0.25, 0.3) is 22.5 Å². The van der Waals surface area contributed by atoms with Crippen molar-refractivity contribution in [3.63, 3.8) is 0 Å². The van der Waals surface area contributed by atoms with E-state index in [1.54, 1.807) is 0 Å². The van der Waals surface area contributed by atoms with E-state index in [1.807, 2.05) is 91.0 Å². The predicted molar refractivity (Wildman–Crippen MR) is 134 cm³/mol. The molecule has 7 heteroatoms.